The predicted molar refractivity (Wildman–Crippen MR) is 218 cm³/mol. The van der Waals surface area contributed by atoms with Gasteiger partial charge in [-0.3, -0.25) is 28.7 Å². The van der Waals surface area contributed by atoms with Crippen LogP contribution in [-0.4, -0.2) is 102 Å². The van der Waals surface area contributed by atoms with Gasteiger partial charge in [0.1, 0.15) is 40.9 Å². The number of unbranched alkanes of at least 4 members (excludes halogenated alkanes) is 1. The van der Waals surface area contributed by atoms with E-state index in [0.717, 1.165) is 27.5 Å². The molecule has 2 aliphatic heterocycles. The SMILES string of the molecule is COc1ccc(C(C[C@@]23COC([C@H](n4cc(C#CCNC(=O)C(CCCCNC(=O)C(F)(F)F)NC(=O)C(F)(F)F)c(=O)[nH]c4=O)O2)[C@H]3O)(c2ccccc2)c2ccc(OC)cc2)cc1. The number of alkyl halides is 6. The summed E-state index contributed by atoms with van der Waals surface area (Å²) < 4.78 is 101. The molecule has 346 valence electrons. The van der Waals surface area contributed by atoms with E-state index in [1.165, 1.54) is 5.32 Å². The molecule has 21 heteroatoms. The molecule has 5 N–H and O–H groups in total. The summed E-state index contributed by atoms with van der Waals surface area (Å²) in [5.41, 5.74) is -2.21. The maximum absolute atomic E-state index is 13.4. The van der Waals surface area contributed by atoms with Gasteiger partial charge in [0.2, 0.25) is 5.91 Å². The van der Waals surface area contributed by atoms with Gasteiger partial charge in [0.15, 0.2) is 6.23 Å². The molecule has 2 bridgehead atoms. The second kappa shape index (κ2) is 19.6. The standard InChI is InChI=1S/C44H43F6N5O10/c1-62-30-17-13-28(14-18-30)42(27-10-4-3-5-11-27,29-15-19-31(63-2)20-16-29)24-41-25-64-33(34(41)56)37(65-41)55-23-26(35(57)54-40(55)61)9-8-22-51-36(58)32(53-39(60)44(48,49)50)12-6-7-21-52-38(59)43(45,46)47/h3-5,10-11,13-20,23,32-34,37,56H,6-7,12,21-22,24-25H2,1-2H3,(H,51,58)(H,52,59)(H,53,60)(H,54,57,61)/t32?,33?,34-,37-,41+/m1/s1. The van der Waals surface area contributed by atoms with Gasteiger partial charge in [-0.2, -0.15) is 26.3 Å². The van der Waals surface area contributed by atoms with Gasteiger partial charge in [-0.05, 0) is 66.6 Å². The first-order chi connectivity index (χ1) is 30.8. The summed E-state index contributed by atoms with van der Waals surface area (Å²) in [5.74, 6) is 0.343. The molecule has 2 aliphatic rings. The smallest absolute Gasteiger partial charge is 0.471 e. The number of aliphatic hydroxyl groups excluding tert-OH is 1. The Morgan fingerprint density at radius 2 is 1.45 bits per heavy atom. The molecule has 2 fully saturated rings. The minimum absolute atomic E-state index is 0.0836. The van der Waals surface area contributed by atoms with Crippen LogP contribution in [0.25, 0.3) is 0 Å². The first-order valence-corrected chi connectivity index (χ1v) is 20.0. The summed E-state index contributed by atoms with van der Waals surface area (Å²) in [7, 11) is 3.09. The van der Waals surface area contributed by atoms with Gasteiger partial charge in [-0.25, -0.2) is 4.79 Å². The van der Waals surface area contributed by atoms with Crippen molar-refractivity contribution in [2.45, 2.75) is 73.5 Å². The Labute approximate surface area is 366 Å². The van der Waals surface area contributed by atoms with Crippen molar-refractivity contribution in [1.82, 2.24) is 25.5 Å². The summed E-state index contributed by atoms with van der Waals surface area (Å²) in [4.78, 5) is 64.0. The number of ether oxygens (including phenoxy) is 4. The van der Waals surface area contributed by atoms with Crippen molar-refractivity contribution in [2.75, 3.05) is 33.9 Å². The number of aromatic nitrogens is 2. The number of nitrogens with zero attached hydrogens (tertiary/aromatic N) is 1. The molecule has 0 spiro atoms. The molecule has 5 atom stereocenters. The number of rotatable bonds is 16. The Hall–Kier alpha value is -6.63. The van der Waals surface area contributed by atoms with Crippen molar-refractivity contribution in [3.8, 4) is 23.3 Å². The summed E-state index contributed by atoms with van der Waals surface area (Å²) in [6.45, 7) is -1.18. The lowest BCUT2D eigenvalue weighted by Crippen LogP contribution is -2.50. The fourth-order valence-corrected chi connectivity index (χ4v) is 7.95. The molecule has 3 heterocycles. The molecule has 0 aliphatic carbocycles. The third-order valence-electron chi connectivity index (χ3n) is 11.2. The number of aromatic amines is 1. The lowest BCUT2D eigenvalue weighted by molar-refractivity contribution is -0.180. The lowest BCUT2D eigenvalue weighted by atomic mass is 9.63. The Morgan fingerprint density at radius 1 is 0.862 bits per heavy atom. The molecule has 1 aromatic heterocycles. The van der Waals surface area contributed by atoms with Crippen LogP contribution in [0.3, 0.4) is 0 Å². The van der Waals surface area contributed by atoms with Crippen molar-refractivity contribution in [3.05, 3.63) is 128 Å². The van der Waals surface area contributed by atoms with Gasteiger partial charge in [-0.15, -0.1) is 0 Å². The highest BCUT2D eigenvalue weighted by atomic mass is 19.4. The molecule has 6 rings (SSSR count). The number of aliphatic hydroxyl groups is 1. The van der Waals surface area contributed by atoms with E-state index in [2.05, 4.69) is 22.1 Å². The first-order valence-electron chi connectivity index (χ1n) is 20.0. The van der Waals surface area contributed by atoms with Crippen LogP contribution in [-0.2, 0) is 29.3 Å². The highest BCUT2D eigenvalue weighted by Gasteiger charge is 2.64. The normalized spacial score (nSPS) is 19.7. The maximum atomic E-state index is 13.4. The Bertz CT molecular complexity index is 2470. The molecule has 0 saturated carbocycles. The van der Waals surface area contributed by atoms with Crippen LogP contribution < -0.4 is 36.7 Å². The van der Waals surface area contributed by atoms with Crippen LogP contribution in [0.5, 0.6) is 11.5 Å². The van der Waals surface area contributed by atoms with Gasteiger partial charge in [0, 0.05) is 18.2 Å². The molecule has 3 amide bonds. The van der Waals surface area contributed by atoms with E-state index in [1.54, 1.807) is 19.5 Å². The largest absolute Gasteiger partial charge is 0.497 e. The van der Waals surface area contributed by atoms with Gasteiger partial charge in [0.25, 0.3) is 5.56 Å². The number of fused-ring (bicyclic) bond motifs is 2. The molecule has 3 aromatic carbocycles. The van der Waals surface area contributed by atoms with Crippen LogP contribution in [0.4, 0.5) is 26.3 Å². The van der Waals surface area contributed by atoms with E-state index in [0.29, 0.717) is 11.5 Å². The molecule has 65 heavy (non-hydrogen) atoms. The topological polar surface area (TPSA) is 199 Å². The van der Waals surface area contributed by atoms with E-state index in [-0.39, 0.29) is 31.4 Å². The van der Waals surface area contributed by atoms with Crippen molar-refractivity contribution < 1.29 is 64.8 Å². The molecule has 4 aromatic rings. The highest BCUT2D eigenvalue weighted by Crippen LogP contribution is 2.54. The third-order valence-corrected chi connectivity index (χ3v) is 11.2. The number of benzene rings is 3. The summed E-state index contributed by atoms with van der Waals surface area (Å²) in [6.07, 6.45) is -13.9. The maximum Gasteiger partial charge on any atom is 0.471 e. The van der Waals surface area contributed by atoms with E-state index >= 15 is 0 Å². The van der Waals surface area contributed by atoms with Gasteiger partial charge < -0.3 is 40.0 Å². The number of methoxy groups -OCH3 is 2. The second-order valence-corrected chi connectivity index (χ2v) is 15.2. The Balaban J connectivity index is 1.23. The number of H-pyrrole nitrogens is 1. The fraction of sp³-hybridized carbons (Fsp3) is 0.386. The number of carbonyl (C=O) groups excluding carboxylic acids is 3. The number of nitrogens with one attached hydrogen (secondary N) is 4. The van der Waals surface area contributed by atoms with Crippen LogP contribution >= 0.6 is 0 Å². The monoisotopic (exact) mass is 915 g/mol. The van der Waals surface area contributed by atoms with Gasteiger partial charge in [0.05, 0.1) is 27.4 Å². The number of hydrogen-bond acceptors (Lipinski definition) is 10. The average Bonchev–Trinajstić information content (AvgIpc) is 3.73. The van der Waals surface area contributed by atoms with Crippen LogP contribution in [0.15, 0.2) is 94.6 Å². The van der Waals surface area contributed by atoms with Gasteiger partial charge >= 0.3 is 29.9 Å². The zero-order chi connectivity index (χ0) is 47.2. The van der Waals surface area contributed by atoms with Crippen LogP contribution in [0.2, 0.25) is 0 Å². The third kappa shape index (κ3) is 10.5. The van der Waals surface area contributed by atoms with E-state index in [9.17, 15) is 55.4 Å². The number of halogens is 6. The minimum atomic E-state index is -5.37. The quantitative estimate of drug-likeness (QED) is 0.0481. The van der Waals surface area contributed by atoms with E-state index in [1.807, 2.05) is 78.9 Å². The zero-order valence-corrected chi connectivity index (χ0v) is 34.7. The molecular formula is C44H43F6N5O10. The molecule has 0 radical (unpaired) electrons. The predicted octanol–water partition coefficient (Wildman–Crippen LogP) is 3.37. The van der Waals surface area contributed by atoms with Gasteiger partial charge in [-0.1, -0.05) is 66.4 Å². The lowest BCUT2D eigenvalue weighted by Gasteiger charge is -2.43. The number of carbonyl (C=O) groups is 3. The molecular weight excluding hydrogens is 872 g/mol. The second-order valence-electron chi connectivity index (χ2n) is 15.2. The highest BCUT2D eigenvalue weighted by molar-refractivity contribution is 5.89. The van der Waals surface area contributed by atoms with Crippen molar-refractivity contribution in [1.29, 1.82) is 0 Å². The van der Waals surface area contributed by atoms with Crippen LogP contribution in [0, 0.1) is 11.8 Å². The van der Waals surface area contributed by atoms with Crippen molar-refractivity contribution >= 4 is 17.7 Å². The van der Waals surface area contributed by atoms with Crippen molar-refractivity contribution in [2.24, 2.45) is 0 Å². The summed E-state index contributed by atoms with van der Waals surface area (Å²) >= 11 is 0. The molecule has 2 unspecified atom stereocenters. The first kappa shape index (κ1) is 47.8. The van der Waals surface area contributed by atoms with Crippen molar-refractivity contribution in [3.63, 3.8) is 0 Å². The zero-order valence-electron chi connectivity index (χ0n) is 34.7. The molecule has 2 saturated heterocycles. The Morgan fingerprint density at radius 3 is 2.02 bits per heavy atom. The summed E-state index contributed by atoms with van der Waals surface area (Å²) in [6, 6.07) is 22.6. The fourth-order valence-electron chi connectivity index (χ4n) is 7.95. The van der Waals surface area contributed by atoms with E-state index in [4.69, 9.17) is 18.9 Å². The Kier molecular flexibility index (Phi) is 14.4. The summed E-state index contributed by atoms with van der Waals surface area (Å²) in [5, 5.41) is 17.3. The average molecular weight is 916 g/mol. The number of amides is 3. The number of hydrogen-bond donors (Lipinski definition) is 5. The van der Waals surface area contributed by atoms with E-state index < -0.39 is 96.3 Å². The van der Waals surface area contributed by atoms with Crippen LogP contribution in [0.1, 0.15) is 54.2 Å². The molecule has 15 nitrogen and oxygen atoms in total. The minimum Gasteiger partial charge on any atom is -0.497 e.